The van der Waals surface area contributed by atoms with Crippen molar-refractivity contribution in [3.8, 4) is 0 Å². The van der Waals surface area contributed by atoms with Gasteiger partial charge in [0.25, 0.3) is 0 Å². The Balaban J connectivity index is 2.43. The van der Waals surface area contributed by atoms with E-state index in [1.54, 1.807) is 11.3 Å². The van der Waals surface area contributed by atoms with Crippen molar-refractivity contribution in [2.24, 2.45) is 5.92 Å². The smallest absolute Gasteiger partial charge is 0.0624 e. The van der Waals surface area contributed by atoms with E-state index in [9.17, 15) is 0 Å². The van der Waals surface area contributed by atoms with E-state index < -0.39 is 0 Å². The average Bonchev–Trinajstić information content (AvgIpc) is 2.70. The van der Waals surface area contributed by atoms with Crippen LogP contribution in [0.25, 0.3) is 10.1 Å². The van der Waals surface area contributed by atoms with Crippen LogP contribution in [-0.4, -0.2) is 0 Å². The van der Waals surface area contributed by atoms with E-state index in [1.165, 1.54) is 15.6 Å². The van der Waals surface area contributed by atoms with Crippen LogP contribution in [0.3, 0.4) is 0 Å². The first kappa shape index (κ1) is 11.0. The molecule has 2 rings (SSSR count). The van der Waals surface area contributed by atoms with Crippen molar-refractivity contribution in [3.05, 3.63) is 35.2 Å². The van der Waals surface area contributed by atoms with Gasteiger partial charge in [0.15, 0.2) is 0 Å². The molecular weight excluding hydrogens is 224 g/mol. The van der Waals surface area contributed by atoms with Crippen molar-refractivity contribution in [2.75, 3.05) is 0 Å². The third-order valence-corrected chi connectivity index (χ3v) is 4.60. The van der Waals surface area contributed by atoms with Crippen molar-refractivity contribution < 1.29 is 0 Å². The highest BCUT2D eigenvalue weighted by Crippen LogP contribution is 2.38. The molecule has 2 atom stereocenters. The maximum absolute atomic E-state index is 6.48. The maximum atomic E-state index is 6.48. The van der Waals surface area contributed by atoms with Crippen molar-refractivity contribution >= 4 is 33.0 Å². The molecule has 2 unspecified atom stereocenters. The summed E-state index contributed by atoms with van der Waals surface area (Å²) in [6, 6.07) is 8.48. The molecule has 80 valence electrons. The summed E-state index contributed by atoms with van der Waals surface area (Å²) in [4.78, 5) is 0. The van der Waals surface area contributed by atoms with Gasteiger partial charge in [-0.05, 0) is 28.3 Å². The molecule has 1 heterocycles. The van der Waals surface area contributed by atoms with Crippen LogP contribution < -0.4 is 0 Å². The molecule has 0 amide bonds. The number of thiophene rings is 1. The predicted molar refractivity (Wildman–Crippen MR) is 69.9 cm³/mol. The number of rotatable bonds is 3. The molecule has 0 radical (unpaired) electrons. The fraction of sp³-hybridized carbons (Fsp3) is 0.385. The second kappa shape index (κ2) is 4.54. The summed E-state index contributed by atoms with van der Waals surface area (Å²) >= 11 is 8.27. The molecule has 1 aromatic heterocycles. The number of benzene rings is 1. The Morgan fingerprint density at radius 1 is 1.33 bits per heavy atom. The lowest BCUT2D eigenvalue weighted by atomic mass is 9.98. The normalized spacial score (nSPS) is 15.4. The fourth-order valence-corrected chi connectivity index (χ4v) is 3.16. The number of fused-ring (bicyclic) bond motifs is 1. The monoisotopic (exact) mass is 238 g/mol. The second-order valence-electron chi connectivity index (χ2n) is 3.97. The summed E-state index contributed by atoms with van der Waals surface area (Å²) < 4.78 is 1.33. The van der Waals surface area contributed by atoms with Crippen LogP contribution in [0.4, 0.5) is 0 Å². The molecular formula is C13H15ClS. The maximum Gasteiger partial charge on any atom is 0.0624 e. The van der Waals surface area contributed by atoms with Crippen LogP contribution in [0, 0.1) is 5.92 Å². The first-order chi connectivity index (χ1) is 7.24. The van der Waals surface area contributed by atoms with E-state index in [-0.39, 0.29) is 5.38 Å². The minimum Gasteiger partial charge on any atom is -0.143 e. The Bertz CT molecular complexity index is 446. The molecule has 1 aromatic carbocycles. The quantitative estimate of drug-likeness (QED) is 0.643. The Morgan fingerprint density at radius 3 is 2.80 bits per heavy atom. The lowest BCUT2D eigenvalue weighted by Crippen LogP contribution is -2.01. The van der Waals surface area contributed by atoms with E-state index in [4.69, 9.17) is 11.6 Å². The minimum atomic E-state index is 0.145. The van der Waals surface area contributed by atoms with Gasteiger partial charge in [0, 0.05) is 4.70 Å². The van der Waals surface area contributed by atoms with Crippen molar-refractivity contribution in [3.63, 3.8) is 0 Å². The van der Waals surface area contributed by atoms with Crippen molar-refractivity contribution in [1.29, 1.82) is 0 Å². The summed E-state index contributed by atoms with van der Waals surface area (Å²) in [6.45, 7) is 4.40. The van der Waals surface area contributed by atoms with Gasteiger partial charge < -0.3 is 0 Å². The van der Waals surface area contributed by atoms with Crippen LogP contribution in [0.1, 0.15) is 31.2 Å². The number of alkyl halides is 1. The Labute approximate surface area is 99.9 Å². The standard InChI is InChI=1S/C13H15ClS/c1-3-9(2)13(14)11-8-15-12-7-5-4-6-10(11)12/h4-9,13H,3H2,1-2H3. The van der Waals surface area contributed by atoms with Gasteiger partial charge in [0.1, 0.15) is 0 Å². The number of halogens is 1. The van der Waals surface area contributed by atoms with Gasteiger partial charge >= 0.3 is 0 Å². The van der Waals surface area contributed by atoms with Gasteiger partial charge in [-0.25, -0.2) is 0 Å². The zero-order valence-corrected chi connectivity index (χ0v) is 10.6. The average molecular weight is 239 g/mol. The molecule has 0 aliphatic rings. The highest BCUT2D eigenvalue weighted by atomic mass is 35.5. The molecule has 0 spiro atoms. The Hall–Kier alpha value is -0.530. The summed E-state index contributed by atoms with van der Waals surface area (Å²) in [5.74, 6) is 0.532. The van der Waals surface area contributed by atoms with Crippen LogP contribution in [0.15, 0.2) is 29.6 Å². The first-order valence-electron chi connectivity index (χ1n) is 5.34. The van der Waals surface area contributed by atoms with Gasteiger partial charge in [-0.15, -0.1) is 22.9 Å². The molecule has 0 bridgehead atoms. The molecule has 0 aliphatic heterocycles. The molecule has 0 aliphatic carbocycles. The van der Waals surface area contributed by atoms with Gasteiger partial charge in [-0.1, -0.05) is 38.5 Å². The van der Waals surface area contributed by atoms with E-state index in [0.29, 0.717) is 5.92 Å². The van der Waals surface area contributed by atoms with Crippen LogP contribution in [-0.2, 0) is 0 Å². The highest BCUT2D eigenvalue weighted by Gasteiger charge is 2.18. The summed E-state index contributed by atoms with van der Waals surface area (Å²) in [6.07, 6.45) is 1.12. The zero-order valence-electron chi connectivity index (χ0n) is 9.03. The molecule has 15 heavy (non-hydrogen) atoms. The van der Waals surface area contributed by atoms with Gasteiger partial charge in [-0.2, -0.15) is 0 Å². The van der Waals surface area contributed by atoms with E-state index in [0.717, 1.165) is 6.42 Å². The molecule has 0 fully saturated rings. The van der Waals surface area contributed by atoms with Crippen molar-refractivity contribution in [1.82, 2.24) is 0 Å². The van der Waals surface area contributed by atoms with E-state index in [1.807, 2.05) is 0 Å². The largest absolute Gasteiger partial charge is 0.143 e. The molecule has 0 nitrogen and oxygen atoms in total. The predicted octanol–water partition coefficient (Wildman–Crippen LogP) is 5.23. The molecule has 0 N–H and O–H groups in total. The third kappa shape index (κ3) is 2.04. The SMILES string of the molecule is CCC(C)C(Cl)c1csc2ccccc12. The summed E-state index contributed by atoms with van der Waals surface area (Å²) in [5, 5.41) is 3.67. The Kier molecular flexibility index (Phi) is 3.32. The zero-order chi connectivity index (χ0) is 10.8. The van der Waals surface area contributed by atoms with Gasteiger partial charge in [0.05, 0.1) is 5.38 Å². The number of hydrogen-bond donors (Lipinski definition) is 0. The topological polar surface area (TPSA) is 0 Å². The second-order valence-corrected chi connectivity index (χ2v) is 5.36. The van der Waals surface area contributed by atoms with Crippen LogP contribution >= 0.6 is 22.9 Å². The fourth-order valence-electron chi connectivity index (χ4n) is 1.73. The van der Waals surface area contributed by atoms with E-state index >= 15 is 0 Å². The molecule has 2 aromatic rings. The van der Waals surface area contributed by atoms with Gasteiger partial charge in [-0.3, -0.25) is 0 Å². The Morgan fingerprint density at radius 2 is 2.07 bits per heavy atom. The van der Waals surface area contributed by atoms with Crippen LogP contribution in [0.5, 0.6) is 0 Å². The van der Waals surface area contributed by atoms with Crippen molar-refractivity contribution in [2.45, 2.75) is 25.6 Å². The summed E-state index contributed by atoms with van der Waals surface area (Å²) in [7, 11) is 0. The lowest BCUT2D eigenvalue weighted by molar-refractivity contribution is 0.545. The van der Waals surface area contributed by atoms with Gasteiger partial charge in [0.2, 0.25) is 0 Å². The number of hydrogen-bond acceptors (Lipinski definition) is 1. The first-order valence-corrected chi connectivity index (χ1v) is 6.65. The molecule has 2 heteroatoms. The molecule has 0 saturated carbocycles. The molecule has 0 saturated heterocycles. The van der Waals surface area contributed by atoms with Crippen LogP contribution in [0.2, 0.25) is 0 Å². The van der Waals surface area contributed by atoms with E-state index in [2.05, 4.69) is 43.5 Å². The minimum absolute atomic E-state index is 0.145. The summed E-state index contributed by atoms with van der Waals surface area (Å²) in [5.41, 5.74) is 1.30. The lowest BCUT2D eigenvalue weighted by Gasteiger charge is -2.15. The third-order valence-electron chi connectivity index (χ3n) is 2.95. The highest BCUT2D eigenvalue weighted by molar-refractivity contribution is 7.17.